The van der Waals surface area contributed by atoms with Crippen molar-refractivity contribution in [1.29, 1.82) is 0 Å². The molecule has 178 valence electrons. The Labute approximate surface area is 204 Å². The molecule has 1 aliphatic carbocycles. The van der Waals surface area contributed by atoms with E-state index in [1.807, 2.05) is 0 Å². The molecule has 0 unspecified atom stereocenters. The van der Waals surface area contributed by atoms with Crippen molar-refractivity contribution in [3.8, 4) is 11.5 Å². The SMILES string of the molecule is COc1cc(OCCN2CCCCC2)c2c(c1)C(C)(C)[C@H](c1ccccc1)[C@H]2c1ccccc1. The fourth-order valence-electron chi connectivity index (χ4n) is 6.20. The van der Waals surface area contributed by atoms with E-state index in [0.29, 0.717) is 12.5 Å². The van der Waals surface area contributed by atoms with E-state index in [9.17, 15) is 0 Å². The van der Waals surface area contributed by atoms with Crippen LogP contribution in [0.5, 0.6) is 11.5 Å². The van der Waals surface area contributed by atoms with Gasteiger partial charge in [0.1, 0.15) is 18.1 Å². The number of likely N-dealkylation sites (tertiary alicyclic amines) is 1. The lowest BCUT2D eigenvalue weighted by Gasteiger charge is -2.32. The predicted molar refractivity (Wildman–Crippen MR) is 139 cm³/mol. The smallest absolute Gasteiger partial charge is 0.127 e. The van der Waals surface area contributed by atoms with Crippen LogP contribution in [0.25, 0.3) is 0 Å². The Hall–Kier alpha value is -2.78. The minimum absolute atomic E-state index is 0.0727. The first kappa shape index (κ1) is 23.0. The molecule has 0 bridgehead atoms. The molecule has 1 heterocycles. The first-order valence-electron chi connectivity index (χ1n) is 12.8. The van der Waals surface area contributed by atoms with Crippen molar-refractivity contribution in [2.45, 2.75) is 50.4 Å². The maximum absolute atomic E-state index is 6.60. The Bertz CT molecular complexity index is 1090. The van der Waals surface area contributed by atoms with Gasteiger partial charge < -0.3 is 9.47 Å². The lowest BCUT2D eigenvalue weighted by Crippen LogP contribution is -2.33. The third-order valence-corrected chi connectivity index (χ3v) is 7.90. The van der Waals surface area contributed by atoms with Crippen LogP contribution in [-0.2, 0) is 5.41 Å². The lowest BCUT2D eigenvalue weighted by atomic mass is 9.70. The number of methoxy groups -OCH3 is 1. The Morgan fingerprint density at radius 3 is 2.15 bits per heavy atom. The molecule has 3 aromatic rings. The van der Waals surface area contributed by atoms with Gasteiger partial charge in [0.15, 0.2) is 0 Å². The van der Waals surface area contributed by atoms with Crippen molar-refractivity contribution in [2.24, 2.45) is 0 Å². The van der Waals surface area contributed by atoms with Crippen LogP contribution in [0.15, 0.2) is 72.8 Å². The van der Waals surface area contributed by atoms with Gasteiger partial charge in [-0.3, -0.25) is 4.90 Å². The quantitative estimate of drug-likeness (QED) is 0.392. The van der Waals surface area contributed by atoms with E-state index >= 15 is 0 Å². The van der Waals surface area contributed by atoms with Gasteiger partial charge in [0.05, 0.1) is 7.11 Å². The minimum atomic E-state index is -0.0727. The summed E-state index contributed by atoms with van der Waals surface area (Å²) >= 11 is 0. The maximum atomic E-state index is 6.60. The van der Waals surface area contributed by atoms with Crippen molar-refractivity contribution in [1.82, 2.24) is 4.90 Å². The molecule has 3 nitrogen and oxygen atoms in total. The molecule has 3 heteroatoms. The van der Waals surface area contributed by atoms with E-state index in [-0.39, 0.29) is 11.3 Å². The van der Waals surface area contributed by atoms with E-state index in [1.165, 1.54) is 54.6 Å². The third-order valence-electron chi connectivity index (χ3n) is 7.90. The van der Waals surface area contributed by atoms with Gasteiger partial charge in [0, 0.05) is 30.0 Å². The van der Waals surface area contributed by atoms with Crippen molar-refractivity contribution in [3.05, 3.63) is 95.1 Å². The zero-order valence-electron chi connectivity index (χ0n) is 20.8. The fraction of sp³-hybridized carbons (Fsp3) is 0.419. The van der Waals surface area contributed by atoms with E-state index in [0.717, 1.165) is 18.0 Å². The molecule has 3 aromatic carbocycles. The summed E-state index contributed by atoms with van der Waals surface area (Å²) in [5, 5.41) is 0. The first-order chi connectivity index (χ1) is 16.6. The van der Waals surface area contributed by atoms with Gasteiger partial charge in [-0.25, -0.2) is 0 Å². The number of ether oxygens (including phenoxy) is 2. The van der Waals surface area contributed by atoms with Crippen LogP contribution in [0.1, 0.15) is 67.2 Å². The van der Waals surface area contributed by atoms with E-state index in [2.05, 4.69) is 91.5 Å². The Morgan fingerprint density at radius 2 is 1.50 bits per heavy atom. The standard InChI is InChI=1S/C31H37NO2/c1-31(2)26-21-25(33-3)22-27(34-20-19-32-17-11-6-12-18-32)29(26)28(23-13-7-4-8-14-23)30(31)24-15-9-5-10-16-24/h4-5,7-10,13-16,21-22,28,30H,6,11-12,17-20H2,1-3H3/t28-,30+/m0/s1. The molecule has 0 spiro atoms. The van der Waals surface area contributed by atoms with Gasteiger partial charge in [0.25, 0.3) is 0 Å². The van der Waals surface area contributed by atoms with Gasteiger partial charge in [0.2, 0.25) is 0 Å². The molecular formula is C31H37NO2. The molecule has 0 amide bonds. The van der Waals surface area contributed by atoms with Crippen LogP contribution in [-0.4, -0.2) is 38.3 Å². The second-order valence-corrected chi connectivity index (χ2v) is 10.3. The highest BCUT2D eigenvalue weighted by Gasteiger charge is 2.49. The molecule has 5 rings (SSSR count). The third kappa shape index (κ3) is 4.34. The number of piperidine rings is 1. The monoisotopic (exact) mass is 455 g/mol. The van der Waals surface area contributed by atoms with E-state index in [4.69, 9.17) is 9.47 Å². The summed E-state index contributed by atoms with van der Waals surface area (Å²) in [5.74, 6) is 2.39. The Kier molecular flexibility index (Phi) is 6.65. The number of benzene rings is 3. The molecule has 1 saturated heterocycles. The minimum Gasteiger partial charge on any atom is -0.497 e. The highest BCUT2D eigenvalue weighted by atomic mass is 16.5. The lowest BCUT2D eigenvalue weighted by molar-refractivity contribution is 0.182. The zero-order chi connectivity index (χ0) is 23.5. The molecule has 0 saturated carbocycles. The summed E-state index contributed by atoms with van der Waals surface area (Å²) in [6.07, 6.45) is 3.96. The number of rotatable bonds is 7. The highest BCUT2D eigenvalue weighted by molar-refractivity contribution is 5.61. The van der Waals surface area contributed by atoms with Crippen molar-refractivity contribution < 1.29 is 9.47 Å². The normalized spacial score (nSPS) is 21.7. The second-order valence-electron chi connectivity index (χ2n) is 10.3. The average molecular weight is 456 g/mol. The van der Waals surface area contributed by atoms with Crippen LogP contribution < -0.4 is 9.47 Å². The van der Waals surface area contributed by atoms with Gasteiger partial charge in [-0.1, -0.05) is 80.9 Å². The van der Waals surface area contributed by atoms with E-state index in [1.54, 1.807) is 7.11 Å². The van der Waals surface area contributed by atoms with Crippen LogP contribution in [0.4, 0.5) is 0 Å². The molecule has 1 aliphatic heterocycles. The summed E-state index contributed by atoms with van der Waals surface area (Å²) in [5.41, 5.74) is 5.30. The topological polar surface area (TPSA) is 21.7 Å². The van der Waals surface area contributed by atoms with Crippen molar-refractivity contribution in [3.63, 3.8) is 0 Å². The Morgan fingerprint density at radius 1 is 0.853 bits per heavy atom. The maximum Gasteiger partial charge on any atom is 0.127 e. The molecule has 0 aromatic heterocycles. The molecule has 0 N–H and O–H groups in total. The summed E-state index contributed by atoms with van der Waals surface area (Å²) < 4.78 is 12.4. The predicted octanol–water partition coefficient (Wildman–Crippen LogP) is 6.77. The fourth-order valence-corrected chi connectivity index (χ4v) is 6.20. The molecule has 1 fully saturated rings. The zero-order valence-corrected chi connectivity index (χ0v) is 20.8. The molecule has 2 aliphatic rings. The molecule has 2 atom stereocenters. The largest absolute Gasteiger partial charge is 0.497 e. The van der Waals surface area contributed by atoms with Gasteiger partial charge in [-0.15, -0.1) is 0 Å². The molecule has 34 heavy (non-hydrogen) atoms. The summed E-state index contributed by atoms with van der Waals surface area (Å²) in [6.45, 7) is 8.82. The average Bonchev–Trinajstić information content (AvgIpc) is 3.12. The van der Waals surface area contributed by atoms with Crippen LogP contribution in [0.3, 0.4) is 0 Å². The van der Waals surface area contributed by atoms with E-state index < -0.39 is 0 Å². The van der Waals surface area contributed by atoms with Crippen molar-refractivity contribution in [2.75, 3.05) is 33.4 Å². The summed E-state index contributed by atoms with van der Waals surface area (Å²) in [7, 11) is 1.75. The van der Waals surface area contributed by atoms with Gasteiger partial charge in [-0.05, 0) is 54.1 Å². The number of hydrogen-bond acceptors (Lipinski definition) is 3. The highest BCUT2D eigenvalue weighted by Crippen LogP contribution is 2.60. The summed E-state index contributed by atoms with van der Waals surface area (Å²) in [4.78, 5) is 2.54. The summed E-state index contributed by atoms with van der Waals surface area (Å²) in [6, 6.07) is 26.3. The molecule has 0 radical (unpaired) electrons. The van der Waals surface area contributed by atoms with Crippen LogP contribution >= 0.6 is 0 Å². The number of fused-ring (bicyclic) bond motifs is 1. The van der Waals surface area contributed by atoms with Crippen LogP contribution in [0.2, 0.25) is 0 Å². The molecular weight excluding hydrogens is 418 g/mol. The van der Waals surface area contributed by atoms with Gasteiger partial charge in [-0.2, -0.15) is 0 Å². The number of hydrogen-bond donors (Lipinski definition) is 0. The number of nitrogens with zero attached hydrogens (tertiary/aromatic N) is 1. The first-order valence-corrected chi connectivity index (χ1v) is 12.8. The Balaban J connectivity index is 1.58. The van der Waals surface area contributed by atoms with Gasteiger partial charge >= 0.3 is 0 Å². The van der Waals surface area contributed by atoms with Crippen molar-refractivity contribution >= 4 is 0 Å². The van der Waals surface area contributed by atoms with Crippen LogP contribution in [0, 0.1) is 0 Å². The second kappa shape index (κ2) is 9.84.